The van der Waals surface area contributed by atoms with E-state index in [1.807, 2.05) is 0 Å². The van der Waals surface area contributed by atoms with Gasteiger partial charge in [0, 0.05) is 6.07 Å². The zero-order chi connectivity index (χ0) is 19.7. The first-order chi connectivity index (χ1) is 11.9. The van der Waals surface area contributed by atoms with Gasteiger partial charge in [0.05, 0.1) is 16.7 Å². The molecule has 0 unspecified atom stereocenters. The van der Waals surface area contributed by atoms with E-state index in [0.717, 1.165) is 12.1 Å². The summed E-state index contributed by atoms with van der Waals surface area (Å²) < 4.78 is 95.0. The molecule has 0 fully saturated rings. The number of carboxylic acid groups (broad SMARTS) is 1. The number of aromatic carboxylic acids is 1. The standard InChI is InChI=1S/C16H9F7O3/c17-13-6-11(1-2-12(13)14(24)25)26-7-8-3-9(15(18,19)20)5-10(4-8)16(21,22)23/h1-6H,7H2,(H,24,25). The molecule has 140 valence electrons. The highest BCUT2D eigenvalue weighted by Gasteiger charge is 2.36. The maximum absolute atomic E-state index is 13.5. The molecule has 2 aromatic carbocycles. The molecule has 2 rings (SSSR count). The summed E-state index contributed by atoms with van der Waals surface area (Å²) >= 11 is 0. The number of halogens is 7. The van der Waals surface area contributed by atoms with Crippen LogP contribution in [0.3, 0.4) is 0 Å². The molecule has 0 heterocycles. The number of benzene rings is 2. The molecule has 0 saturated heterocycles. The summed E-state index contributed by atoms with van der Waals surface area (Å²) in [6.07, 6.45) is -9.99. The summed E-state index contributed by atoms with van der Waals surface area (Å²) in [5, 5.41) is 8.68. The lowest BCUT2D eigenvalue weighted by atomic mass is 10.1. The SMILES string of the molecule is O=C(O)c1ccc(OCc2cc(C(F)(F)F)cc(C(F)(F)F)c2)cc1F. The summed E-state index contributed by atoms with van der Waals surface area (Å²) in [5.41, 5.74) is -4.10. The second kappa shape index (κ2) is 6.85. The molecule has 0 saturated carbocycles. The van der Waals surface area contributed by atoms with Gasteiger partial charge in [-0.05, 0) is 35.9 Å². The van der Waals surface area contributed by atoms with Crippen LogP contribution in [0.4, 0.5) is 30.7 Å². The maximum atomic E-state index is 13.5. The van der Waals surface area contributed by atoms with E-state index in [1.54, 1.807) is 0 Å². The largest absolute Gasteiger partial charge is 0.489 e. The minimum atomic E-state index is -4.99. The Morgan fingerprint density at radius 3 is 1.88 bits per heavy atom. The topological polar surface area (TPSA) is 46.5 Å². The normalized spacial score (nSPS) is 12.1. The molecule has 0 spiro atoms. The number of alkyl halides is 6. The number of carboxylic acids is 1. The fourth-order valence-corrected chi connectivity index (χ4v) is 2.03. The van der Waals surface area contributed by atoms with Crippen molar-refractivity contribution in [3.8, 4) is 5.75 Å². The number of rotatable bonds is 4. The van der Waals surface area contributed by atoms with Crippen LogP contribution in [0, 0.1) is 5.82 Å². The second-order valence-corrected chi connectivity index (χ2v) is 5.15. The zero-order valence-corrected chi connectivity index (χ0v) is 12.6. The molecule has 10 heteroatoms. The second-order valence-electron chi connectivity index (χ2n) is 5.15. The average Bonchev–Trinajstić information content (AvgIpc) is 2.50. The smallest absolute Gasteiger partial charge is 0.416 e. The minimum absolute atomic E-state index is 0.0230. The van der Waals surface area contributed by atoms with E-state index in [1.165, 1.54) is 0 Å². The van der Waals surface area contributed by atoms with Crippen LogP contribution in [0.5, 0.6) is 5.75 Å². The number of carbonyl (C=O) groups is 1. The molecule has 0 atom stereocenters. The van der Waals surface area contributed by atoms with E-state index in [2.05, 4.69) is 0 Å². The van der Waals surface area contributed by atoms with Gasteiger partial charge < -0.3 is 9.84 Å². The molecular weight excluding hydrogens is 373 g/mol. The predicted molar refractivity (Wildman–Crippen MR) is 74.1 cm³/mol. The Hall–Kier alpha value is -2.78. The Kier molecular flexibility index (Phi) is 5.15. The van der Waals surface area contributed by atoms with Crippen molar-refractivity contribution in [2.45, 2.75) is 19.0 Å². The Morgan fingerprint density at radius 1 is 0.923 bits per heavy atom. The van der Waals surface area contributed by atoms with Crippen molar-refractivity contribution in [3.63, 3.8) is 0 Å². The summed E-state index contributed by atoms with van der Waals surface area (Å²) in [4.78, 5) is 10.7. The highest BCUT2D eigenvalue weighted by atomic mass is 19.4. The van der Waals surface area contributed by atoms with E-state index < -0.39 is 53.0 Å². The van der Waals surface area contributed by atoms with Crippen molar-refractivity contribution in [1.29, 1.82) is 0 Å². The van der Waals surface area contributed by atoms with Gasteiger partial charge >= 0.3 is 18.3 Å². The highest BCUT2D eigenvalue weighted by molar-refractivity contribution is 5.88. The quantitative estimate of drug-likeness (QED) is 0.745. The third-order valence-corrected chi connectivity index (χ3v) is 3.22. The van der Waals surface area contributed by atoms with Gasteiger partial charge in [-0.3, -0.25) is 0 Å². The van der Waals surface area contributed by atoms with Gasteiger partial charge in [-0.15, -0.1) is 0 Å². The first-order valence-electron chi connectivity index (χ1n) is 6.82. The van der Waals surface area contributed by atoms with E-state index in [-0.39, 0.29) is 11.8 Å². The highest BCUT2D eigenvalue weighted by Crippen LogP contribution is 2.36. The van der Waals surface area contributed by atoms with Gasteiger partial charge in [-0.1, -0.05) is 0 Å². The van der Waals surface area contributed by atoms with Gasteiger partial charge in [0.2, 0.25) is 0 Å². The summed E-state index contributed by atoms with van der Waals surface area (Å²) in [7, 11) is 0. The zero-order valence-electron chi connectivity index (χ0n) is 12.6. The van der Waals surface area contributed by atoms with Gasteiger partial charge in [0.1, 0.15) is 18.2 Å². The summed E-state index contributed by atoms with van der Waals surface area (Å²) in [5.74, 6) is -2.95. The molecule has 1 N–H and O–H groups in total. The van der Waals surface area contributed by atoms with Gasteiger partial charge in [-0.25, -0.2) is 9.18 Å². The third-order valence-electron chi connectivity index (χ3n) is 3.22. The van der Waals surface area contributed by atoms with Gasteiger partial charge in [-0.2, -0.15) is 26.3 Å². The summed E-state index contributed by atoms with van der Waals surface area (Å²) in [6, 6.07) is 3.51. The first-order valence-corrected chi connectivity index (χ1v) is 6.82. The summed E-state index contributed by atoms with van der Waals surface area (Å²) in [6.45, 7) is -0.709. The predicted octanol–water partition coefficient (Wildman–Crippen LogP) is 5.14. The average molecular weight is 382 g/mol. The van der Waals surface area contributed by atoms with E-state index in [4.69, 9.17) is 9.84 Å². The van der Waals surface area contributed by atoms with Crippen molar-refractivity contribution in [3.05, 3.63) is 64.5 Å². The molecule has 0 aliphatic carbocycles. The Labute approximate surface area is 141 Å². The van der Waals surface area contributed by atoms with Crippen molar-refractivity contribution in [2.24, 2.45) is 0 Å². The number of ether oxygens (including phenoxy) is 1. The van der Waals surface area contributed by atoms with Crippen LogP contribution < -0.4 is 4.74 Å². The van der Waals surface area contributed by atoms with Crippen LogP contribution in [0.15, 0.2) is 36.4 Å². The molecule has 2 aromatic rings. The lowest BCUT2D eigenvalue weighted by Gasteiger charge is -2.14. The number of hydrogen-bond acceptors (Lipinski definition) is 2. The van der Waals surface area contributed by atoms with E-state index in [9.17, 15) is 35.5 Å². The molecule has 0 aromatic heterocycles. The van der Waals surface area contributed by atoms with Crippen LogP contribution in [-0.2, 0) is 19.0 Å². The van der Waals surface area contributed by atoms with Crippen molar-refractivity contribution >= 4 is 5.97 Å². The van der Waals surface area contributed by atoms with Gasteiger partial charge in [0.25, 0.3) is 0 Å². The fourth-order valence-electron chi connectivity index (χ4n) is 2.03. The molecule has 0 radical (unpaired) electrons. The fraction of sp³-hybridized carbons (Fsp3) is 0.188. The molecule has 0 amide bonds. The van der Waals surface area contributed by atoms with Crippen molar-refractivity contribution in [1.82, 2.24) is 0 Å². The first kappa shape index (κ1) is 19.5. The molecule has 0 aliphatic rings. The number of hydrogen-bond donors (Lipinski definition) is 1. The lowest BCUT2D eigenvalue weighted by molar-refractivity contribution is -0.143. The monoisotopic (exact) mass is 382 g/mol. The van der Waals surface area contributed by atoms with Crippen LogP contribution in [0.1, 0.15) is 27.0 Å². The maximum Gasteiger partial charge on any atom is 0.416 e. The molecule has 3 nitrogen and oxygen atoms in total. The van der Waals surface area contributed by atoms with Crippen LogP contribution in [-0.4, -0.2) is 11.1 Å². The van der Waals surface area contributed by atoms with Crippen LogP contribution in [0.25, 0.3) is 0 Å². The Balaban J connectivity index is 2.29. The Bertz CT molecular complexity index is 793. The van der Waals surface area contributed by atoms with Gasteiger partial charge in [0.15, 0.2) is 0 Å². The van der Waals surface area contributed by atoms with E-state index in [0.29, 0.717) is 18.2 Å². The Morgan fingerprint density at radius 2 is 1.46 bits per heavy atom. The van der Waals surface area contributed by atoms with Crippen molar-refractivity contribution < 1.29 is 45.4 Å². The molecular formula is C16H9F7O3. The molecule has 0 bridgehead atoms. The van der Waals surface area contributed by atoms with E-state index >= 15 is 0 Å². The van der Waals surface area contributed by atoms with Crippen molar-refractivity contribution in [2.75, 3.05) is 0 Å². The molecule has 0 aliphatic heterocycles. The third kappa shape index (κ3) is 4.64. The van der Waals surface area contributed by atoms with Crippen LogP contribution in [0.2, 0.25) is 0 Å². The molecule has 26 heavy (non-hydrogen) atoms. The lowest BCUT2D eigenvalue weighted by Crippen LogP contribution is -2.12. The van der Waals surface area contributed by atoms with Crippen LogP contribution >= 0.6 is 0 Å². The minimum Gasteiger partial charge on any atom is -0.489 e.